The first-order chi connectivity index (χ1) is 5.65. The zero-order valence-corrected chi connectivity index (χ0v) is 8.09. The first-order valence-corrected chi connectivity index (χ1v) is 3.97. The predicted octanol–water partition coefficient (Wildman–Crippen LogP) is 2.07. The molecule has 0 bridgehead atoms. The van der Waals surface area contributed by atoms with Crippen LogP contribution in [0.1, 0.15) is 5.56 Å². The minimum Gasteiger partial charge on any atom is -0.496 e. The minimum atomic E-state index is 0.945. The van der Waals surface area contributed by atoms with Gasteiger partial charge in [0.15, 0.2) is 0 Å². The largest absolute Gasteiger partial charge is 0.496 e. The Morgan fingerprint density at radius 2 is 1.92 bits per heavy atom. The average Bonchev–Trinajstić information content (AvgIpc) is 2.04. The van der Waals surface area contributed by atoms with Crippen molar-refractivity contribution in [2.24, 2.45) is 0 Å². The molecular formula is C10H15NO. The van der Waals surface area contributed by atoms with Crippen LogP contribution in [0.4, 0.5) is 5.69 Å². The molecule has 1 aromatic carbocycles. The van der Waals surface area contributed by atoms with Crippen LogP contribution in [0.25, 0.3) is 0 Å². The lowest BCUT2D eigenvalue weighted by Crippen LogP contribution is -2.08. The fraction of sp³-hybridized carbons (Fsp3) is 0.400. The molecule has 2 nitrogen and oxygen atoms in total. The molecule has 2 heteroatoms. The molecule has 1 aromatic rings. The highest BCUT2D eigenvalue weighted by Gasteiger charge is 1.99. The quantitative estimate of drug-likeness (QED) is 0.665. The molecule has 0 spiro atoms. The zero-order chi connectivity index (χ0) is 9.14. The Kier molecular flexibility index (Phi) is 2.58. The van der Waals surface area contributed by atoms with E-state index in [4.69, 9.17) is 4.74 Å². The molecule has 0 aliphatic rings. The van der Waals surface area contributed by atoms with Gasteiger partial charge in [-0.25, -0.2) is 0 Å². The van der Waals surface area contributed by atoms with Gasteiger partial charge in [0.2, 0.25) is 0 Å². The molecule has 0 aliphatic heterocycles. The lowest BCUT2D eigenvalue weighted by Gasteiger charge is -2.14. The first-order valence-electron chi connectivity index (χ1n) is 3.97. The number of rotatable bonds is 2. The van der Waals surface area contributed by atoms with Crippen LogP contribution in [0.2, 0.25) is 0 Å². The van der Waals surface area contributed by atoms with Crippen molar-refractivity contribution in [1.82, 2.24) is 0 Å². The molecule has 0 amide bonds. The van der Waals surface area contributed by atoms with Crippen LogP contribution in [0, 0.1) is 6.92 Å². The maximum Gasteiger partial charge on any atom is 0.121 e. The Balaban J connectivity index is 3.02. The van der Waals surface area contributed by atoms with Gasteiger partial charge < -0.3 is 9.64 Å². The maximum absolute atomic E-state index is 5.16. The van der Waals surface area contributed by atoms with Gasteiger partial charge in [0, 0.05) is 19.8 Å². The third kappa shape index (κ3) is 1.70. The summed E-state index contributed by atoms with van der Waals surface area (Å²) in [6, 6.07) is 6.15. The number of hydrogen-bond donors (Lipinski definition) is 0. The second-order valence-corrected chi connectivity index (χ2v) is 3.05. The number of ether oxygens (including phenoxy) is 1. The van der Waals surface area contributed by atoms with Crippen molar-refractivity contribution >= 4 is 5.69 Å². The van der Waals surface area contributed by atoms with Gasteiger partial charge in [-0.1, -0.05) is 0 Å². The Hall–Kier alpha value is -1.18. The van der Waals surface area contributed by atoms with Crippen molar-refractivity contribution in [3.05, 3.63) is 23.8 Å². The molecular weight excluding hydrogens is 150 g/mol. The van der Waals surface area contributed by atoms with Crippen LogP contribution >= 0.6 is 0 Å². The highest BCUT2D eigenvalue weighted by atomic mass is 16.5. The van der Waals surface area contributed by atoms with E-state index in [0.717, 1.165) is 5.75 Å². The second kappa shape index (κ2) is 3.48. The summed E-state index contributed by atoms with van der Waals surface area (Å²) in [5.74, 6) is 0.945. The SMILES string of the molecule is COc1ccc(N(C)C)cc1C. The summed E-state index contributed by atoms with van der Waals surface area (Å²) in [7, 11) is 5.75. The monoisotopic (exact) mass is 165 g/mol. The van der Waals surface area contributed by atoms with E-state index in [0.29, 0.717) is 0 Å². The van der Waals surface area contributed by atoms with E-state index in [1.54, 1.807) is 7.11 Å². The number of anilines is 1. The molecule has 0 aliphatic carbocycles. The van der Waals surface area contributed by atoms with Gasteiger partial charge in [-0.15, -0.1) is 0 Å². The van der Waals surface area contributed by atoms with Crippen molar-refractivity contribution in [2.45, 2.75) is 6.92 Å². The van der Waals surface area contributed by atoms with Crippen LogP contribution in [-0.4, -0.2) is 21.2 Å². The third-order valence-electron chi connectivity index (χ3n) is 1.89. The van der Waals surface area contributed by atoms with Crippen LogP contribution in [0.3, 0.4) is 0 Å². The number of benzene rings is 1. The van der Waals surface area contributed by atoms with Crippen molar-refractivity contribution in [1.29, 1.82) is 0 Å². The zero-order valence-electron chi connectivity index (χ0n) is 8.09. The number of hydrogen-bond acceptors (Lipinski definition) is 2. The van der Waals surface area contributed by atoms with Crippen LogP contribution < -0.4 is 9.64 Å². The lowest BCUT2D eigenvalue weighted by atomic mass is 10.2. The molecule has 0 fully saturated rings. The van der Waals surface area contributed by atoms with Gasteiger partial charge in [-0.05, 0) is 30.7 Å². The Bertz CT molecular complexity index is 269. The summed E-state index contributed by atoms with van der Waals surface area (Å²) in [5.41, 5.74) is 2.37. The molecule has 0 N–H and O–H groups in total. The maximum atomic E-state index is 5.16. The van der Waals surface area contributed by atoms with Crippen molar-refractivity contribution in [2.75, 3.05) is 26.1 Å². The van der Waals surface area contributed by atoms with Gasteiger partial charge in [-0.3, -0.25) is 0 Å². The Morgan fingerprint density at radius 3 is 2.33 bits per heavy atom. The molecule has 0 saturated heterocycles. The van der Waals surface area contributed by atoms with Crippen molar-refractivity contribution in [3.8, 4) is 5.75 Å². The molecule has 1 rings (SSSR count). The molecule has 0 atom stereocenters. The molecule has 0 radical (unpaired) electrons. The molecule has 0 aromatic heterocycles. The second-order valence-electron chi connectivity index (χ2n) is 3.05. The Labute approximate surface area is 73.8 Å². The van der Waals surface area contributed by atoms with Crippen molar-refractivity contribution in [3.63, 3.8) is 0 Å². The number of nitrogens with zero attached hydrogens (tertiary/aromatic N) is 1. The van der Waals surface area contributed by atoms with Gasteiger partial charge >= 0.3 is 0 Å². The number of aryl methyl sites for hydroxylation is 1. The van der Waals surface area contributed by atoms with Gasteiger partial charge in [0.1, 0.15) is 5.75 Å². The summed E-state index contributed by atoms with van der Waals surface area (Å²) in [6.45, 7) is 2.05. The van der Waals surface area contributed by atoms with E-state index >= 15 is 0 Å². The highest BCUT2D eigenvalue weighted by molar-refractivity contribution is 5.51. The fourth-order valence-electron chi connectivity index (χ4n) is 1.14. The molecule has 0 heterocycles. The van der Waals surface area contributed by atoms with Gasteiger partial charge in [0.05, 0.1) is 7.11 Å². The van der Waals surface area contributed by atoms with E-state index in [9.17, 15) is 0 Å². The van der Waals surface area contributed by atoms with Crippen LogP contribution in [0.15, 0.2) is 18.2 Å². The third-order valence-corrected chi connectivity index (χ3v) is 1.89. The first kappa shape index (κ1) is 8.91. The van der Waals surface area contributed by atoms with E-state index in [-0.39, 0.29) is 0 Å². The standard InChI is InChI=1S/C10H15NO/c1-8-7-9(11(2)3)5-6-10(8)12-4/h5-7H,1-4H3. The smallest absolute Gasteiger partial charge is 0.121 e. The van der Waals surface area contributed by atoms with Gasteiger partial charge in [-0.2, -0.15) is 0 Å². The summed E-state index contributed by atoms with van der Waals surface area (Å²) in [6.07, 6.45) is 0. The van der Waals surface area contributed by atoms with E-state index in [1.807, 2.05) is 33.2 Å². The normalized spacial score (nSPS) is 9.67. The average molecular weight is 165 g/mol. The topological polar surface area (TPSA) is 12.5 Å². The summed E-state index contributed by atoms with van der Waals surface area (Å²) < 4.78 is 5.16. The Morgan fingerprint density at radius 1 is 1.25 bits per heavy atom. The molecule has 66 valence electrons. The summed E-state index contributed by atoms with van der Waals surface area (Å²) in [5, 5.41) is 0. The molecule has 0 unspecified atom stereocenters. The fourth-order valence-corrected chi connectivity index (χ4v) is 1.14. The van der Waals surface area contributed by atoms with E-state index in [1.165, 1.54) is 11.3 Å². The summed E-state index contributed by atoms with van der Waals surface area (Å²) >= 11 is 0. The minimum absolute atomic E-state index is 0.945. The van der Waals surface area contributed by atoms with E-state index < -0.39 is 0 Å². The number of methoxy groups -OCH3 is 1. The van der Waals surface area contributed by atoms with Crippen LogP contribution in [-0.2, 0) is 0 Å². The molecule has 12 heavy (non-hydrogen) atoms. The van der Waals surface area contributed by atoms with E-state index in [2.05, 4.69) is 11.0 Å². The lowest BCUT2D eigenvalue weighted by molar-refractivity contribution is 0.411. The van der Waals surface area contributed by atoms with Crippen LogP contribution in [0.5, 0.6) is 5.75 Å². The van der Waals surface area contributed by atoms with Gasteiger partial charge in [0.25, 0.3) is 0 Å². The molecule has 0 saturated carbocycles. The highest BCUT2D eigenvalue weighted by Crippen LogP contribution is 2.22. The summed E-state index contributed by atoms with van der Waals surface area (Å²) in [4.78, 5) is 2.08. The predicted molar refractivity (Wildman–Crippen MR) is 52.1 cm³/mol. The van der Waals surface area contributed by atoms with Crippen molar-refractivity contribution < 1.29 is 4.74 Å².